The summed E-state index contributed by atoms with van der Waals surface area (Å²) in [5.74, 6) is 0.685. The number of rotatable bonds is 6. The molecule has 3 N–H and O–H groups in total. The van der Waals surface area contributed by atoms with Gasteiger partial charge in [-0.25, -0.2) is 0 Å². The van der Waals surface area contributed by atoms with E-state index in [1.165, 1.54) is 0 Å². The summed E-state index contributed by atoms with van der Waals surface area (Å²) < 4.78 is 5.19. The van der Waals surface area contributed by atoms with Crippen LogP contribution >= 0.6 is 0 Å². The third-order valence-corrected chi connectivity index (χ3v) is 2.57. The SMILES string of the molecule is COc1ccc(C#N)cc1CNCC(C)(O)CO. The lowest BCUT2D eigenvalue weighted by Crippen LogP contribution is -2.40. The normalized spacial score (nSPS) is 13.7. The summed E-state index contributed by atoms with van der Waals surface area (Å²) in [5.41, 5.74) is 0.242. The van der Waals surface area contributed by atoms with Gasteiger partial charge in [-0.3, -0.25) is 0 Å². The Labute approximate surface area is 107 Å². The molecule has 1 atom stereocenters. The van der Waals surface area contributed by atoms with Gasteiger partial charge in [-0.2, -0.15) is 5.26 Å². The summed E-state index contributed by atoms with van der Waals surface area (Å²) in [6.45, 7) is 1.94. The molecular weight excluding hydrogens is 232 g/mol. The van der Waals surface area contributed by atoms with Gasteiger partial charge < -0.3 is 20.3 Å². The average Bonchev–Trinajstić information content (AvgIpc) is 2.38. The summed E-state index contributed by atoms with van der Waals surface area (Å²) in [7, 11) is 1.56. The largest absolute Gasteiger partial charge is 0.496 e. The van der Waals surface area contributed by atoms with Crippen LogP contribution in [0.3, 0.4) is 0 Å². The summed E-state index contributed by atoms with van der Waals surface area (Å²) in [5, 5.41) is 30.4. The zero-order valence-electron chi connectivity index (χ0n) is 10.6. The van der Waals surface area contributed by atoms with Crippen molar-refractivity contribution >= 4 is 0 Å². The minimum Gasteiger partial charge on any atom is -0.496 e. The maximum Gasteiger partial charge on any atom is 0.123 e. The number of benzene rings is 1. The lowest BCUT2D eigenvalue weighted by molar-refractivity contribution is 0.00251. The van der Waals surface area contributed by atoms with Gasteiger partial charge in [0.25, 0.3) is 0 Å². The Morgan fingerprint density at radius 2 is 2.22 bits per heavy atom. The maximum absolute atomic E-state index is 9.63. The summed E-state index contributed by atoms with van der Waals surface area (Å²) in [4.78, 5) is 0. The Bertz CT molecular complexity index is 438. The first-order chi connectivity index (χ1) is 8.52. The predicted molar refractivity (Wildman–Crippen MR) is 67.1 cm³/mol. The summed E-state index contributed by atoms with van der Waals surface area (Å²) >= 11 is 0. The molecule has 0 radical (unpaired) electrons. The molecule has 1 aromatic rings. The molecule has 18 heavy (non-hydrogen) atoms. The maximum atomic E-state index is 9.63. The van der Waals surface area contributed by atoms with Crippen LogP contribution in [0.2, 0.25) is 0 Å². The fraction of sp³-hybridized carbons (Fsp3) is 0.462. The fourth-order valence-corrected chi connectivity index (χ4v) is 1.51. The number of aliphatic hydroxyl groups excluding tert-OH is 1. The van der Waals surface area contributed by atoms with Gasteiger partial charge in [0.1, 0.15) is 5.75 Å². The van der Waals surface area contributed by atoms with E-state index in [0.29, 0.717) is 17.9 Å². The van der Waals surface area contributed by atoms with Gasteiger partial charge in [0.15, 0.2) is 0 Å². The second kappa shape index (κ2) is 6.36. The van der Waals surface area contributed by atoms with Crippen molar-refractivity contribution in [2.75, 3.05) is 20.3 Å². The Hall–Kier alpha value is -1.61. The number of nitrogens with one attached hydrogen (secondary N) is 1. The van der Waals surface area contributed by atoms with Gasteiger partial charge in [0.05, 0.1) is 31.0 Å². The summed E-state index contributed by atoms with van der Waals surface area (Å²) in [6.07, 6.45) is 0. The highest BCUT2D eigenvalue weighted by Gasteiger charge is 2.18. The fourth-order valence-electron chi connectivity index (χ4n) is 1.51. The monoisotopic (exact) mass is 250 g/mol. The van der Waals surface area contributed by atoms with Gasteiger partial charge in [-0.05, 0) is 25.1 Å². The minimum atomic E-state index is -1.15. The Morgan fingerprint density at radius 3 is 2.78 bits per heavy atom. The third kappa shape index (κ3) is 4.00. The highest BCUT2D eigenvalue weighted by molar-refractivity contribution is 5.41. The van der Waals surface area contributed by atoms with Crippen molar-refractivity contribution in [1.82, 2.24) is 5.32 Å². The standard InChI is InChI=1S/C13H18N2O3/c1-13(17,9-16)8-15-7-11-5-10(6-14)3-4-12(11)18-2/h3-5,15-17H,7-9H2,1-2H3. The van der Waals surface area contributed by atoms with E-state index in [0.717, 1.165) is 5.56 Å². The van der Waals surface area contributed by atoms with Crippen LogP contribution in [-0.2, 0) is 6.54 Å². The zero-order chi connectivity index (χ0) is 13.6. The smallest absolute Gasteiger partial charge is 0.123 e. The molecule has 0 aliphatic carbocycles. The van der Waals surface area contributed by atoms with Crippen molar-refractivity contribution in [3.8, 4) is 11.8 Å². The van der Waals surface area contributed by atoms with Crippen LogP contribution in [0.4, 0.5) is 0 Å². The van der Waals surface area contributed by atoms with E-state index in [4.69, 9.17) is 15.1 Å². The van der Waals surface area contributed by atoms with Crippen molar-refractivity contribution < 1.29 is 14.9 Å². The quantitative estimate of drug-likeness (QED) is 0.680. The van der Waals surface area contributed by atoms with Crippen molar-refractivity contribution in [2.24, 2.45) is 0 Å². The molecule has 0 heterocycles. The first-order valence-electron chi connectivity index (χ1n) is 5.63. The van der Waals surface area contributed by atoms with Gasteiger partial charge in [0, 0.05) is 18.7 Å². The molecule has 0 spiro atoms. The van der Waals surface area contributed by atoms with Crippen LogP contribution < -0.4 is 10.1 Å². The van der Waals surface area contributed by atoms with E-state index in [1.54, 1.807) is 32.2 Å². The minimum absolute atomic E-state index is 0.253. The molecule has 0 aromatic heterocycles. The first-order valence-corrected chi connectivity index (χ1v) is 5.63. The molecule has 1 aromatic carbocycles. The zero-order valence-corrected chi connectivity index (χ0v) is 10.6. The second-order valence-electron chi connectivity index (χ2n) is 4.40. The van der Waals surface area contributed by atoms with Gasteiger partial charge >= 0.3 is 0 Å². The van der Waals surface area contributed by atoms with Gasteiger partial charge in [0.2, 0.25) is 0 Å². The molecule has 0 amide bonds. The number of ether oxygens (including phenoxy) is 1. The highest BCUT2D eigenvalue weighted by Crippen LogP contribution is 2.19. The number of hydrogen-bond acceptors (Lipinski definition) is 5. The van der Waals surface area contributed by atoms with Gasteiger partial charge in [-0.1, -0.05) is 0 Å². The Kier molecular flexibility index (Phi) is 5.10. The first kappa shape index (κ1) is 14.5. The van der Waals surface area contributed by atoms with Crippen LogP contribution in [0.15, 0.2) is 18.2 Å². The van der Waals surface area contributed by atoms with Crippen LogP contribution in [0.5, 0.6) is 5.75 Å². The number of nitrogens with zero attached hydrogens (tertiary/aromatic N) is 1. The summed E-state index contributed by atoms with van der Waals surface area (Å²) in [6, 6.07) is 7.22. The average molecular weight is 250 g/mol. The van der Waals surface area contributed by atoms with E-state index in [9.17, 15) is 5.11 Å². The van der Waals surface area contributed by atoms with E-state index in [2.05, 4.69) is 11.4 Å². The number of nitriles is 1. The van der Waals surface area contributed by atoms with E-state index in [1.807, 2.05) is 0 Å². The van der Waals surface area contributed by atoms with Crippen LogP contribution in [0, 0.1) is 11.3 Å². The molecule has 0 aliphatic rings. The van der Waals surface area contributed by atoms with Crippen molar-refractivity contribution in [3.63, 3.8) is 0 Å². The molecule has 0 saturated heterocycles. The molecule has 0 saturated carbocycles. The second-order valence-corrected chi connectivity index (χ2v) is 4.40. The van der Waals surface area contributed by atoms with Crippen LogP contribution in [0.25, 0.3) is 0 Å². The molecular formula is C13H18N2O3. The number of hydrogen-bond donors (Lipinski definition) is 3. The molecule has 0 fully saturated rings. The molecule has 98 valence electrons. The Balaban J connectivity index is 2.69. The van der Waals surface area contributed by atoms with E-state index in [-0.39, 0.29) is 13.2 Å². The number of methoxy groups -OCH3 is 1. The van der Waals surface area contributed by atoms with Crippen LogP contribution in [-0.4, -0.2) is 36.1 Å². The van der Waals surface area contributed by atoms with Crippen molar-refractivity contribution in [1.29, 1.82) is 5.26 Å². The van der Waals surface area contributed by atoms with E-state index < -0.39 is 5.60 Å². The lowest BCUT2D eigenvalue weighted by Gasteiger charge is -2.21. The van der Waals surface area contributed by atoms with Crippen LogP contribution in [0.1, 0.15) is 18.1 Å². The third-order valence-electron chi connectivity index (χ3n) is 2.57. The number of aliphatic hydroxyl groups is 2. The van der Waals surface area contributed by atoms with Crippen molar-refractivity contribution in [3.05, 3.63) is 29.3 Å². The lowest BCUT2D eigenvalue weighted by atomic mass is 10.1. The van der Waals surface area contributed by atoms with E-state index >= 15 is 0 Å². The molecule has 1 unspecified atom stereocenters. The van der Waals surface area contributed by atoms with Gasteiger partial charge in [-0.15, -0.1) is 0 Å². The molecule has 5 nitrogen and oxygen atoms in total. The highest BCUT2D eigenvalue weighted by atomic mass is 16.5. The molecule has 1 rings (SSSR count). The van der Waals surface area contributed by atoms with Crippen molar-refractivity contribution in [2.45, 2.75) is 19.1 Å². The topological polar surface area (TPSA) is 85.5 Å². The Morgan fingerprint density at radius 1 is 1.50 bits per heavy atom. The predicted octanol–water partition coefficient (Wildman–Crippen LogP) is 0.400. The molecule has 5 heteroatoms. The molecule has 0 bridgehead atoms. The molecule has 0 aliphatic heterocycles.